The molecule has 2 heterocycles. The average molecular weight is 749 g/mol. The summed E-state index contributed by atoms with van der Waals surface area (Å²) in [6.45, 7) is 2.18. The zero-order chi connectivity index (χ0) is 37.9. The standard InChI is InChI=1S/C43H45ClN4O6/c1-47(25-28-54-33-17-15-32(16-18-33)41(31-11-6-3-7-12-31)34(21-23-44)30-9-4-2-5-10-30)40(50)22-26-53-27-24-45-37-14-8-13-35-36(37)29-48(43(35)52)38-19-20-39(49)46-42(38)51/h2-18,38,45H,19-29H2,1H3,(H,46,49,51)/b41-34-. The molecule has 0 radical (unpaired) electrons. The summed E-state index contributed by atoms with van der Waals surface area (Å²) in [6.07, 6.45) is 1.49. The Bertz CT molecular complexity index is 1970. The van der Waals surface area contributed by atoms with Crippen molar-refractivity contribution < 1.29 is 28.7 Å². The van der Waals surface area contributed by atoms with E-state index in [2.05, 4.69) is 47.0 Å². The molecule has 0 saturated carbocycles. The number of halogens is 1. The quantitative estimate of drug-likeness (QED) is 0.0557. The zero-order valence-electron chi connectivity index (χ0n) is 30.4. The lowest BCUT2D eigenvalue weighted by Gasteiger charge is -2.29. The van der Waals surface area contributed by atoms with Crippen molar-refractivity contribution in [2.75, 3.05) is 51.2 Å². The predicted molar refractivity (Wildman–Crippen MR) is 210 cm³/mol. The largest absolute Gasteiger partial charge is 0.492 e. The SMILES string of the molecule is CN(CCOc1ccc(/C(=C(/CCCl)c2ccccc2)c2ccccc2)cc1)C(=O)CCOCCNc1cccc2c1CN(C1CCC(=O)NC1=O)C2=O. The number of hydrogen-bond acceptors (Lipinski definition) is 7. The van der Waals surface area contributed by atoms with Gasteiger partial charge >= 0.3 is 0 Å². The summed E-state index contributed by atoms with van der Waals surface area (Å²) in [7, 11) is 1.75. The molecule has 54 heavy (non-hydrogen) atoms. The number of allylic oxidation sites excluding steroid dienone is 1. The summed E-state index contributed by atoms with van der Waals surface area (Å²) in [5.41, 5.74) is 7.80. The highest BCUT2D eigenvalue weighted by atomic mass is 35.5. The van der Waals surface area contributed by atoms with Crippen LogP contribution in [0.3, 0.4) is 0 Å². The highest BCUT2D eigenvalue weighted by molar-refractivity contribution is 6.18. The van der Waals surface area contributed by atoms with Crippen molar-refractivity contribution in [3.8, 4) is 5.75 Å². The number of carbonyl (C=O) groups is 4. The van der Waals surface area contributed by atoms with Gasteiger partial charge in [-0.1, -0.05) is 78.9 Å². The van der Waals surface area contributed by atoms with Crippen molar-refractivity contribution in [1.29, 1.82) is 0 Å². The number of carbonyl (C=O) groups excluding carboxylic acids is 4. The number of imide groups is 1. The fourth-order valence-corrected chi connectivity index (χ4v) is 7.06. The molecule has 2 aliphatic rings. The lowest BCUT2D eigenvalue weighted by molar-refractivity contribution is -0.137. The minimum absolute atomic E-state index is 0.0415. The van der Waals surface area contributed by atoms with E-state index in [1.54, 1.807) is 24.1 Å². The first-order valence-electron chi connectivity index (χ1n) is 18.3. The molecule has 1 fully saturated rings. The Morgan fingerprint density at radius 2 is 1.56 bits per heavy atom. The van der Waals surface area contributed by atoms with Crippen molar-refractivity contribution in [3.05, 3.63) is 131 Å². The van der Waals surface area contributed by atoms with Crippen LogP contribution in [0.5, 0.6) is 5.75 Å². The maximum absolute atomic E-state index is 13.1. The zero-order valence-corrected chi connectivity index (χ0v) is 31.1. The monoisotopic (exact) mass is 748 g/mol. The van der Waals surface area contributed by atoms with Crippen LogP contribution >= 0.6 is 11.6 Å². The second kappa shape index (κ2) is 18.5. The van der Waals surface area contributed by atoms with Crippen LogP contribution in [-0.4, -0.2) is 85.3 Å². The van der Waals surface area contributed by atoms with Crippen LogP contribution < -0.4 is 15.4 Å². The number of fused-ring (bicyclic) bond motifs is 1. The molecule has 10 nitrogen and oxygen atoms in total. The minimum Gasteiger partial charge on any atom is -0.492 e. The molecule has 4 amide bonds. The molecule has 1 saturated heterocycles. The molecule has 4 aromatic carbocycles. The summed E-state index contributed by atoms with van der Waals surface area (Å²) < 4.78 is 11.8. The highest BCUT2D eigenvalue weighted by Gasteiger charge is 2.39. The Balaban J connectivity index is 0.935. The van der Waals surface area contributed by atoms with Crippen molar-refractivity contribution in [2.45, 2.75) is 38.3 Å². The summed E-state index contributed by atoms with van der Waals surface area (Å²) >= 11 is 6.30. The maximum Gasteiger partial charge on any atom is 0.255 e. The normalized spacial score (nSPS) is 15.7. The number of amides is 4. The fraction of sp³-hybridized carbons (Fsp3) is 0.302. The van der Waals surface area contributed by atoms with Gasteiger partial charge in [-0.15, -0.1) is 11.6 Å². The van der Waals surface area contributed by atoms with Crippen molar-refractivity contribution in [2.24, 2.45) is 0 Å². The number of rotatable bonds is 17. The number of likely N-dealkylation sites (N-methyl/N-ethyl adjacent to an activating group) is 1. The predicted octanol–water partition coefficient (Wildman–Crippen LogP) is 6.39. The molecule has 1 atom stereocenters. The summed E-state index contributed by atoms with van der Waals surface area (Å²) in [5, 5.41) is 5.65. The number of benzene rings is 4. The first-order valence-corrected chi connectivity index (χ1v) is 18.8. The molecule has 0 aliphatic carbocycles. The minimum atomic E-state index is -0.662. The molecule has 2 N–H and O–H groups in total. The summed E-state index contributed by atoms with van der Waals surface area (Å²) in [4.78, 5) is 53.0. The molecule has 11 heteroatoms. The average Bonchev–Trinajstić information content (AvgIpc) is 3.53. The lowest BCUT2D eigenvalue weighted by Crippen LogP contribution is -2.52. The summed E-state index contributed by atoms with van der Waals surface area (Å²) in [6, 6.07) is 33.5. The van der Waals surface area contributed by atoms with Gasteiger partial charge in [0.05, 0.1) is 26.2 Å². The van der Waals surface area contributed by atoms with E-state index in [1.165, 1.54) is 10.5 Å². The van der Waals surface area contributed by atoms with Crippen LogP contribution in [0.1, 0.15) is 58.3 Å². The van der Waals surface area contributed by atoms with Crippen LogP contribution in [-0.2, 0) is 25.7 Å². The molecule has 0 bridgehead atoms. The van der Waals surface area contributed by atoms with Gasteiger partial charge in [0.15, 0.2) is 0 Å². The van der Waals surface area contributed by atoms with E-state index in [4.69, 9.17) is 21.1 Å². The number of hydrogen-bond donors (Lipinski definition) is 2. The number of anilines is 1. The van der Waals surface area contributed by atoms with Crippen LogP contribution in [0.2, 0.25) is 0 Å². The van der Waals surface area contributed by atoms with Gasteiger partial charge in [-0.25, -0.2) is 0 Å². The van der Waals surface area contributed by atoms with E-state index < -0.39 is 11.9 Å². The first kappa shape index (κ1) is 38.3. The number of ether oxygens (including phenoxy) is 2. The number of alkyl halides is 1. The third kappa shape index (κ3) is 9.37. The lowest BCUT2D eigenvalue weighted by atomic mass is 9.88. The van der Waals surface area contributed by atoms with E-state index in [1.807, 2.05) is 54.6 Å². The molecular formula is C43H45ClN4O6. The van der Waals surface area contributed by atoms with Gasteiger partial charge in [-0.05, 0) is 64.9 Å². The molecule has 0 aromatic heterocycles. The van der Waals surface area contributed by atoms with E-state index >= 15 is 0 Å². The second-order valence-corrected chi connectivity index (χ2v) is 13.6. The van der Waals surface area contributed by atoms with Crippen molar-refractivity contribution in [3.63, 3.8) is 0 Å². The van der Waals surface area contributed by atoms with E-state index in [-0.39, 0.29) is 43.7 Å². The van der Waals surface area contributed by atoms with Crippen LogP contribution in [0.15, 0.2) is 103 Å². The smallest absolute Gasteiger partial charge is 0.255 e. The van der Waals surface area contributed by atoms with Crippen LogP contribution in [0, 0.1) is 0 Å². The van der Waals surface area contributed by atoms with E-state index in [9.17, 15) is 19.2 Å². The molecule has 6 rings (SSSR count). The first-order chi connectivity index (χ1) is 26.3. The Hall–Kier alpha value is -5.45. The van der Waals surface area contributed by atoms with Gasteiger partial charge in [-0.2, -0.15) is 0 Å². The molecule has 2 aliphatic heterocycles. The Morgan fingerprint density at radius 1 is 0.852 bits per heavy atom. The van der Waals surface area contributed by atoms with Crippen LogP contribution in [0.4, 0.5) is 5.69 Å². The topological polar surface area (TPSA) is 117 Å². The maximum atomic E-state index is 13.1. The number of piperidine rings is 1. The Morgan fingerprint density at radius 3 is 2.26 bits per heavy atom. The van der Waals surface area contributed by atoms with Gasteiger partial charge < -0.3 is 24.6 Å². The van der Waals surface area contributed by atoms with Crippen LogP contribution in [0.25, 0.3) is 11.1 Å². The van der Waals surface area contributed by atoms with Crippen molar-refractivity contribution >= 4 is 52.1 Å². The van der Waals surface area contributed by atoms with Gasteiger partial charge in [0.2, 0.25) is 17.7 Å². The molecule has 4 aromatic rings. The van der Waals surface area contributed by atoms with E-state index in [0.29, 0.717) is 44.2 Å². The molecule has 280 valence electrons. The van der Waals surface area contributed by atoms with E-state index in [0.717, 1.165) is 45.7 Å². The fourth-order valence-electron chi connectivity index (χ4n) is 6.87. The second-order valence-electron chi connectivity index (χ2n) is 13.2. The molecule has 1 unspecified atom stereocenters. The third-order valence-electron chi connectivity index (χ3n) is 9.70. The van der Waals surface area contributed by atoms with Gasteiger partial charge in [0, 0.05) is 49.3 Å². The summed E-state index contributed by atoms with van der Waals surface area (Å²) in [5.74, 6) is 0.223. The van der Waals surface area contributed by atoms with Gasteiger partial charge in [-0.3, -0.25) is 24.5 Å². The van der Waals surface area contributed by atoms with Gasteiger partial charge in [0.1, 0.15) is 18.4 Å². The van der Waals surface area contributed by atoms with Crippen molar-refractivity contribution in [1.82, 2.24) is 15.1 Å². The Kier molecular flexibility index (Phi) is 13.1. The third-order valence-corrected chi connectivity index (χ3v) is 9.89. The van der Waals surface area contributed by atoms with Gasteiger partial charge in [0.25, 0.3) is 5.91 Å². The molecular weight excluding hydrogens is 704 g/mol. The molecule has 0 spiro atoms. The highest BCUT2D eigenvalue weighted by Crippen LogP contribution is 2.36. The number of nitrogens with one attached hydrogen (secondary N) is 2. The Labute approximate surface area is 321 Å². The number of nitrogens with zero attached hydrogens (tertiary/aromatic N) is 2.